The van der Waals surface area contributed by atoms with E-state index < -0.39 is 12.6 Å². The lowest BCUT2D eigenvalue weighted by atomic mass is 9.86. The fraction of sp³-hybridized carbons (Fsp3) is 0.333. The number of allylic oxidation sites excluding steroid dienone is 2. The summed E-state index contributed by atoms with van der Waals surface area (Å²) in [5.41, 5.74) is 1.53. The van der Waals surface area contributed by atoms with Gasteiger partial charge in [0.25, 0.3) is 0 Å². The summed E-state index contributed by atoms with van der Waals surface area (Å²) in [7, 11) is 0. The Labute approximate surface area is 132 Å². The SMILES string of the molecule is CC1CC(=O)C=C(c2ccc(OCC(=O)O)c(Cl)c2Cl)C1. The first kappa shape index (κ1) is 15.9. The van der Waals surface area contributed by atoms with Gasteiger partial charge < -0.3 is 9.84 Å². The van der Waals surface area contributed by atoms with Crippen molar-refractivity contribution in [2.45, 2.75) is 19.8 Å². The summed E-state index contributed by atoms with van der Waals surface area (Å²) >= 11 is 12.3. The number of carbonyl (C=O) groups excluding carboxylic acids is 1. The van der Waals surface area contributed by atoms with Crippen molar-refractivity contribution in [3.63, 3.8) is 0 Å². The first-order valence-electron chi connectivity index (χ1n) is 6.45. The van der Waals surface area contributed by atoms with E-state index in [1.54, 1.807) is 18.2 Å². The number of carboxylic acid groups (broad SMARTS) is 1. The van der Waals surface area contributed by atoms with Crippen LogP contribution >= 0.6 is 23.2 Å². The molecule has 4 nitrogen and oxygen atoms in total. The molecule has 6 heteroatoms. The molecule has 1 aliphatic rings. The van der Waals surface area contributed by atoms with E-state index >= 15 is 0 Å². The lowest BCUT2D eigenvalue weighted by Crippen LogP contribution is -2.11. The van der Waals surface area contributed by atoms with Crippen LogP contribution in [0.3, 0.4) is 0 Å². The number of halogens is 2. The first-order chi connectivity index (χ1) is 9.88. The molecule has 0 amide bonds. The second-order valence-corrected chi connectivity index (χ2v) is 5.83. The predicted molar refractivity (Wildman–Crippen MR) is 81.0 cm³/mol. The van der Waals surface area contributed by atoms with Gasteiger partial charge in [0.05, 0.1) is 5.02 Å². The molecule has 1 unspecified atom stereocenters. The molecular weight excluding hydrogens is 315 g/mol. The lowest BCUT2D eigenvalue weighted by molar-refractivity contribution is -0.139. The number of rotatable bonds is 4. The van der Waals surface area contributed by atoms with Gasteiger partial charge >= 0.3 is 5.97 Å². The monoisotopic (exact) mass is 328 g/mol. The molecule has 0 radical (unpaired) electrons. The maximum absolute atomic E-state index is 11.7. The zero-order valence-corrected chi connectivity index (χ0v) is 12.9. The van der Waals surface area contributed by atoms with Gasteiger partial charge in [-0.2, -0.15) is 0 Å². The van der Waals surface area contributed by atoms with Gasteiger partial charge in [-0.3, -0.25) is 4.79 Å². The topological polar surface area (TPSA) is 63.6 Å². The second kappa shape index (κ2) is 6.50. The molecule has 0 aliphatic heterocycles. The van der Waals surface area contributed by atoms with E-state index in [2.05, 4.69) is 0 Å². The van der Waals surface area contributed by atoms with E-state index in [1.165, 1.54) is 0 Å². The quantitative estimate of drug-likeness (QED) is 0.912. The van der Waals surface area contributed by atoms with E-state index in [1.807, 2.05) is 6.92 Å². The Morgan fingerprint density at radius 2 is 2.05 bits per heavy atom. The minimum Gasteiger partial charge on any atom is -0.480 e. The van der Waals surface area contributed by atoms with Gasteiger partial charge in [0.1, 0.15) is 10.8 Å². The molecule has 1 N–H and O–H groups in total. The number of hydrogen-bond donors (Lipinski definition) is 1. The van der Waals surface area contributed by atoms with Crippen molar-refractivity contribution in [2.75, 3.05) is 6.61 Å². The molecule has 0 saturated carbocycles. The number of hydrogen-bond acceptors (Lipinski definition) is 3. The Balaban J connectivity index is 2.32. The number of ether oxygens (including phenoxy) is 1. The molecule has 0 heterocycles. The van der Waals surface area contributed by atoms with Gasteiger partial charge in [-0.15, -0.1) is 0 Å². The summed E-state index contributed by atoms with van der Waals surface area (Å²) in [6.45, 7) is 1.51. The molecule has 1 aliphatic carbocycles. The van der Waals surface area contributed by atoms with Gasteiger partial charge in [0, 0.05) is 6.42 Å². The van der Waals surface area contributed by atoms with E-state index in [9.17, 15) is 9.59 Å². The summed E-state index contributed by atoms with van der Waals surface area (Å²) in [6.07, 6.45) is 2.88. The zero-order chi connectivity index (χ0) is 15.6. The van der Waals surface area contributed by atoms with Gasteiger partial charge in [-0.25, -0.2) is 4.79 Å². The van der Waals surface area contributed by atoms with Crippen LogP contribution in [-0.4, -0.2) is 23.5 Å². The summed E-state index contributed by atoms with van der Waals surface area (Å²) in [6, 6.07) is 3.26. The van der Waals surface area contributed by atoms with Gasteiger partial charge in [-0.05, 0) is 41.7 Å². The second-order valence-electron chi connectivity index (χ2n) is 5.07. The molecule has 1 aromatic rings. The number of ketones is 1. The molecular formula is C15H14Cl2O4. The number of benzene rings is 1. The molecule has 21 heavy (non-hydrogen) atoms. The van der Waals surface area contributed by atoms with E-state index in [4.69, 9.17) is 33.0 Å². The van der Waals surface area contributed by atoms with Crippen molar-refractivity contribution >= 4 is 40.5 Å². The number of carbonyl (C=O) groups is 2. The molecule has 1 atom stereocenters. The van der Waals surface area contributed by atoms with Gasteiger partial charge in [0.2, 0.25) is 0 Å². The highest BCUT2D eigenvalue weighted by molar-refractivity contribution is 6.44. The largest absolute Gasteiger partial charge is 0.480 e. The smallest absolute Gasteiger partial charge is 0.341 e. The average Bonchev–Trinajstić information content (AvgIpc) is 2.39. The summed E-state index contributed by atoms with van der Waals surface area (Å²) in [4.78, 5) is 22.2. The number of carboxylic acids is 1. The Kier molecular flexibility index (Phi) is 4.91. The highest BCUT2D eigenvalue weighted by atomic mass is 35.5. The predicted octanol–water partition coefficient (Wildman–Crippen LogP) is 3.84. The minimum atomic E-state index is -1.10. The minimum absolute atomic E-state index is 0.0714. The van der Waals surface area contributed by atoms with Crippen molar-refractivity contribution in [2.24, 2.45) is 5.92 Å². The van der Waals surface area contributed by atoms with Crippen LogP contribution in [0.15, 0.2) is 18.2 Å². The van der Waals surface area contributed by atoms with Crippen LogP contribution in [0.1, 0.15) is 25.3 Å². The van der Waals surface area contributed by atoms with E-state index in [0.29, 0.717) is 12.0 Å². The van der Waals surface area contributed by atoms with Gasteiger partial charge in [0.15, 0.2) is 12.4 Å². The standard InChI is InChI=1S/C15H14Cl2O4/c1-8-4-9(6-10(18)5-8)11-2-3-12(15(17)14(11)16)21-7-13(19)20/h2-3,6,8H,4-5,7H2,1H3,(H,19,20). The highest BCUT2D eigenvalue weighted by Gasteiger charge is 2.21. The van der Waals surface area contributed by atoms with Crippen molar-refractivity contribution in [3.05, 3.63) is 33.8 Å². The molecule has 0 aromatic heterocycles. The molecule has 0 saturated heterocycles. The Morgan fingerprint density at radius 3 is 2.67 bits per heavy atom. The van der Waals surface area contributed by atoms with Crippen LogP contribution in [0, 0.1) is 5.92 Å². The maximum atomic E-state index is 11.7. The van der Waals surface area contributed by atoms with E-state index in [0.717, 1.165) is 12.0 Å². The van der Waals surface area contributed by atoms with Crippen molar-refractivity contribution < 1.29 is 19.4 Å². The van der Waals surface area contributed by atoms with Crippen LogP contribution < -0.4 is 4.74 Å². The summed E-state index contributed by atoms with van der Waals surface area (Å²) < 4.78 is 5.06. The third-order valence-corrected chi connectivity index (χ3v) is 4.06. The Bertz CT molecular complexity index is 622. The average molecular weight is 329 g/mol. The molecule has 112 valence electrons. The third kappa shape index (κ3) is 3.77. The Hall–Kier alpha value is -1.52. The summed E-state index contributed by atoms with van der Waals surface area (Å²) in [5, 5.41) is 9.03. The van der Waals surface area contributed by atoms with Crippen LogP contribution in [0.2, 0.25) is 10.0 Å². The zero-order valence-electron chi connectivity index (χ0n) is 11.4. The maximum Gasteiger partial charge on any atom is 0.341 e. The summed E-state index contributed by atoms with van der Waals surface area (Å²) in [5.74, 6) is -0.554. The first-order valence-corrected chi connectivity index (χ1v) is 7.20. The van der Waals surface area contributed by atoms with E-state index in [-0.39, 0.29) is 27.5 Å². The molecule has 0 bridgehead atoms. The normalized spacial score (nSPS) is 18.3. The fourth-order valence-electron chi connectivity index (χ4n) is 2.32. The molecule has 0 spiro atoms. The molecule has 1 aromatic carbocycles. The lowest BCUT2D eigenvalue weighted by Gasteiger charge is -2.20. The van der Waals surface area contributed by atoms with Crippen molar-refractivity contribution in [1.29, 1.82) is 0 Å². The van der Waals surface area contributed by atoms with Crippen LogP contribution in [0.5, 0.6) is 5.75 Å². The van der Waals surface area contributed by atoms with Gasteiger partial charge in [-0.1, -0.05) is 30.1 Å². The molecule has 2 rings (SSSR count). The molecule has 0 fully saturated rings. The third-order valence-electron chi connectivity index (χ3n) is 3.20. The number of aliphatic carboxylic acids is 1. The van der Waals surface area contributed by atoms with Crippen LogP contribution in [0.25, 0.3) is 5.57 Å². The van der Waals surface area contributed by atoms with Crippen molar-refractivity contribution in [1.82, 2.24) is 0 Å². The Morgan fingerprint density at radius 1 is 1.33 bits per heavy atom. The van der Waals surface area contributed by atoms with Crippen molar-refractivity contribution in [3.8, 4) is 5.75 Å². The fourth-order valence-corrected chi connectivity index (χ4v) is 2.82. The van der Waals surface area contributed by atoms with Crippen LogP contribution in [-0.2, 0) is 9.59 Å². The highest BCUT2D eigenvalue weighted by Crippen LogP contribution is 2.40. The van der Waals surface area contributed by atoms with Crippen LogP contribution in [0.4, 0.5) is 0 Å².